The van der Waals surface area contributed by atoms with Crippen LogP contribution in [-0.2, 0) is 9.47 Å². The quantitative estimate of drug-likeness (QED) is 0.607. The minimum absolute atomic E-state index is 0.0539. The molecule has 0 aliphatic carbocycles. The molecule has 1 aromatic rings. The van der Waals surface area contributed by atoms with Gasteiger partial charge in [-0.1, -0.05) is 0 Å². The van der Waals surface area contributed by atoms with Gasteiger partial charge in [-0.15, -0.1) is 0 Å². The highest BCUT2D eigenvalue weighted by Gasteiger charge is 2.16. The number of pyridine rings is 1. The number of nitrogens with one attached hydrogen (secondary N) is 1. The second-order valence-corrected chi connectivity index (χ2v) is 3.92. The average molecular weight is 250 g/mol. The number of amides is 1. The number of anilines is 1. The molecule has 1 heterocycles. The van der Waals surface area contributed by atoms with Gasteiger partial charge in [0.25, 0.3) is 0 Å². The Bertz CT molecular complexity index is 462. The number of methoxy groups -OCH3 is 1. The monoisotopic (exact) mass is 250 g/mol. The first-order chi connectivity index (χ1) is 8.43. The summed E-state index contributed by atoms with van der Waals surface area (Å²) in [6, 6.07) is 3.26. The van der Waals surface area contributed by atoms with Crippen LogP contribution in [0.5, 0.6) is 0 Å². The predicted molar refractivity (Wildman–Crippen MR) is 69.0 cm³/mol. The van der Waals surface area contributed by atoms with Gasteiger partial charge in [0.1, 0.15) is 0 Å². The van der Waals surface area contributed by atoms with E-state index in [-0.39, 0.29) is 17.5 Å². The topological polar surface area (TPSA) is 77.5 Å². The number of aromatic nitrogens is 1. The molecule has 0 atom stereocenters. The van der Waals surface area contributed by atoms with Crippen LogP contribution in [-0.4, -0.2) is 38.1 Å². The third-order valence-corrected chi connectivity index (χ3v) is 1.99. The van der Waals surface area contributed by atoms with E-state index < -0.39 is 12.1 Å². The van der Waals surface area contributed by atoms with Crippen molar-refractivity contribution in [2.75, 3.05) is 12.4 Å². The Hall–Kier alpha value is -2.05. The summed E-state index contributed by atoms with van der Waals surface area (Å²) in [6.07, 6.45) is -0.884. The highest BCUT2D eigenvalue weighted by Crippen LogP contribution is 2.12. The second kappa shape index (κ2) is 6.04. The number of ether oxygens (including phenoxy) is 2. The van der Waals surface area contributed by atoms with Gasteiger partial charge in [0.15, 0.2) is 13.5 Å². The fraction of sp³-hybridized carbons (Fsp3) is 0.364. The Morgan fingerprint density at radius 1 is 1.39 bits per heavy atom. The van der Waals surface area contributed by atoms with E-state index in [1.54, 1.807) is 33.8 Å². The van der Waals surface area contributed by atoms with Crippen molar-refractivity contribution < 1.29 is 19.1 Å². The van der Waals surface area contributed by atoms with Crippen LogP contribution >= 0.6 is 0 Å². The largest absolute Gasteiger partial charge is 0.464 e. The smallest absolute Gasteiger partial charge is 0.411 e. The number of hydrogen-bond acceptors (Lipinski definition) is 5. The lowest BCUT2D eigenvalue weighted by molar-refractivity contribution is 0.0595. The van der Waals surface area contributed by atoms with Crippen molar-refractivity contribution in [1.82, 2.24) is 4.98 Å². The van der Waals surface area contributed by atoms with E-state index >= 15 is 0 Å². The van der Waals surface area contributed by atoms with Crippen molar-refractivity contribution >= 4 is 31.2 Å². The molecule has 1 amide bonds. The number of carbonyl (C=O) groups is 2. The van der Waals surface area contributed by atoms with Gasteiger partial charge < -0.3 is 9.47 Å². The van der Waals surface area contributed by atoms with Gasteiger partial charge in [-0.25, -0.2) is 9.59 Å². The van der Waals surface area contributed by atoms with Crippen molar-refractivity contribution in [2.45, 2.75) is 20.0 Å². The van der Waals surface area contributed by atoms with Crippen LogP contribution in [0.3, 0.4) is 0 Å². The zero-order valence-electron chi connectivity index (χ0n) is 10.8. The van der Waals surface area contributed by atoms with Crippen molar-refractivity contribution in [3.63, 3.8) is 0 Å². The molecular weight excluding hydrogens is 235 g/mol. The van der Waals surface area contributed by atoms with Crippen LogP contribution in [0.15, 0.2) is 12.1 Å². The zero-order chi connectivity index (χ0) is 13.7. The number of hydrogen-bond donors (Lipinski definition) is 1. The maximum Gasteiger partial charge on any atom is 0.411 e. The van der Waals surface area contributed by atoms with Crippen LogP contribution in [0.25, 0.3) is 0 Å². The van der Waals surface area contributed by atoms with Gasteiger partial charge >= 0.3 is 12.1 Å². The number of esters is 1. The Labute approximate surface area is 106 Å². The highest BCUT2D eigenvalue weighted by atomic mass is 16.6. The molecule has 0 bridgehead atoms. The van der Waals surface area contributed by atoms with E-state index in [2.05, 4.69) is 15.0 Å². The second-order valence-electron chi connectivity index (χ2n) is 3.92. The molecule has 0 aliphatic rings. The zero-order valence-corrected chi connectivity index (χ0v) is 10.8. The normalized spacial score (nSPS) is 10.0. The van der Waals surface area contributed by atoms with E-state index in [0.29, 0.717) is 5.59 Å². The Kier molecular flexibility index (Phi) is 4.71. The standard InChI is InChI=1S/C11H15BN2O4/c1-6(2)18-11(16)13-7-4-5-8(12)14-9(7)10(15)17-3/h4-6H,12H2,1-3H3,(H,13,16). The van der Waals surface area contributed by atoms with Gasteiger partial charge in [-0.05, 0) is 31.6 Å². The third kappa shape index (κ3) is 3.76. The van der Waals surface area contributed by atoms with Crippen LogP contribution in [0, 0.1) is 0 Å². The molecule has 0 saturated carbocycles. The third-order valence-electron chi connectivity index (χ3n) is 1.99. The predicted octanol–water partition coefficient (Wildman–Crippen LogP) is 0.0835. The molecule has 0 fully saturated rings. The molecule has 0 radical (unpaired) electrons. The molecule has 0 spiro atoms. The first kappa shape index (κ1) is 14.0. The lowest BCUT2D eigenvalue weighted by Crippen LogP contribution is -2.22. The summed E-state index contributed by atoms with van der Waals surface area (Å²) in [5, 5.41) is 2.46. The van der Waals surface area contributed by atoms with Crippen LogP contribution < -0.4 is 10.9 Å². The molecule has 0 aromatic carbocycles. The SMILES string of the molecule is Bc1ccc(NC(=O)OC(C)C)c(C(=O)OC)n1. The molecule has 1 aromatic heterocycles. The van der Waals surface area contributed by atoms with Crippen LogP contribution in [0.2, 0.25) is 0 Å². The Morgan fingerprint density at radius 3 is 2.61 bits per heavy atom. The van der Waals surface area contributed by atoms with Crippen molar-refractivity contribution in [1.29, 1.82) is 0 Å². The van der Waals surface area contributed by atoms with E-state index in [1.165, 1.54) is 7.11 Å². The first-order valence-corrected chi connectivity index (χ1v) is 5.47. The summed E-state index contributed by atoms with van der Waals surface area (Å²) in [7, 11) is 2.99. The molecule has 6 nitrogen and oxygen atoms in total. The van der Waals surface area contributed by atoms with Crippen LogP contribution in [0.1, 0.15) is 24.3 Å². The van der Waals surface area contributed by atoms with E-state index in [4.69, 9.17) is 4.74 Å². The molecule has 7 heteroatoms. The van der Waals surface area contributed by atoms with Gasteiger partial charge in [-0.2, -0.15) is 0 Å². The molecule has 1 rings (SSSR count). The minimum Gasteiger partial charge on any atom is -0.464 e. The maximum atomic E-state index is 11.5. The number of rotatable bonds is 3. The van der Waals surface area contributed by atoms with Crippen molar-refractivity contribution in [2.24, 2.45) is 0 Å². The van der Waals surface area contributed by atoms with Crippen molar-refractivity contribution in [3.8, 4) is 0 Å². The summed E-state index contributed by atoms with van der Waals surface area (Å²) in [6.45, 7) is 3.46. The summed E-state index contributed by atoms with van der Waals surface area (Å²) >= 11 is 0. The van der Waals surface area contributed by atoms with E-state index in [9.17, 15) is 9.59 Å². The summed E-state index contributed by atoms with van der Waals surface area (Å²) in [5.41, 5.74) is 0.967. The molecular formula is C11H15BN2O4. The molecule has 18 heavy (non-hydrogen) atoms. The Morgan fingerprint density at radius 2 is 2.06 bits per heavy atom. The highest BCUT2D eigenvalue weighted by molar-refractivity contribution is 6.31. The Balaban J connectivity index is 2.94. The number of carbonyl (C=O) groups excluding carboxylic acids is 2. The van der Waals surface area contributed by atoms with Crippen molar-refractivity contribution in [3.05, 3.63) is 17.8 Å². The molecule has 96 valence electrons. The minimum atomic E-state index is -0.638. The molecule has 0 saturated heterocycles. The summed E-state index contributed by atoms with van der Waals surface area (Å²) < 4.78 is 9.52. The molecule has 0 aliphatic heterocycles. The molecule has 0 unspecified atom stereocenters. The lowest BCUT2D eigenvalue weighted by Gasteiger charge is -2.11. The first-order valence-electron chi connectivity index (χ1n) is 5.47. The fourth-order valence-electron chi connectivity index (χ4n) is 1.26. The van der Waals surface area contributed by atoms with Gasteiger partial charge in [-0.3, -0.25) is 10.3 Å². The summed E-state index contributed by atoms with van der Waals surface area (Å²) in [5.74, 6) is -0.612. The van der Waals surface area contributed by atoms with Crippen LogP contribution in [0.4, 0.5) is 10.5 Å². The molecule has 1 N–H and O–H groups in total. The van der Waals surface area contributed by atoms with E-state index in [1.807, 2.05) is 0 Å². The van der Waals surface area contributed by atoms with E-state index in [0.717, 1.165) is 0 Å². The van der Waals surface area contributed by atoms with Gasteiger partial charge in [0.2, 0.25) is 0 Å². The maximum absolute atomic E-state index is 11.5. The average Bonchev–Trinajstić information content (AvgIpc) is 2.29. The van der Waals surface area contributed by atoms with Gasteiger partial charge in [0, 0.05) is 0 Å². The number of nitrogens with zero attached hydrogens (tertiary/aromatic N) is 1. The fourth-order valence-corrected chi connectivity index (χ4v) is 1.26. The lowest BCUT2D eigenvalue weighted by atomic mass is 10.0. The summed E-state index contributed by atoms with van der Waals surface area (Å²) in [4.78, 5) is 27.0. The van der Waals surface area contributed by atoms with Gasteiger partial charge in [0.05, 0.1) is 18.9 Å².